The van der Waals surface area contributed by atoms with E-state index < -0.39 is 6.36 Å². The number of likely N-dealkylation sites (N-methyl/N-ethyl adjacent to an activating group) is 1. The molecule has 166 valence electrons. The predicted molar refractivity (Wildman–Crippen MR) is 113 cm³/mol. The summed E-state index contributed by atoms with van der Waals surface area (Å²) in [7, 11) is 3.39. The molecule has 3 rings (SSSR count). The standard InChI is InChI=1S/C22H23ClF3N3O2/c1-13(2)16-9-14(31-22(24,25)26)10-18(23)17(16)11-19-15-6-8-29(12-21(30)28(3)4)20(15)5-7-27-19/h5-10,13H,11-12H2,1-4H3. The molecule has 0 aliphatic heterocycles. The van der Waals surface area contributed by atoms with Crippen LogP contribution in [0.5, 0.6) is 5.75 Å². The molecule has 0 fully saturated rings. The van der Waals surface area contributed by atoms with Gasteiger partial charge in [0, 0.05) is 43.3 Å². The van der Waals surface area contributed by atoms with E-state index in [0.29, 0.717) is 17.5 Å². The number of hydrogen-bond acceptors (Lipinski definition) is 3. The number of carbonyl (C=O) groups is 1. The Balaban J connectivity index is 2.00. The van der Waals surface area contributed by atoms with Crippen molar-refractivity contribution in [3.63, 3.8) is 0 Å². The molecule has 0 saturated heterocycles. The topological polar surface area (TPSA) is 47.4 Å². The van der Waals surface area contributed by atoms with Crippen LogP contribution in [0.25, 0.3) is 10.9 Å². The van der Waals surface area contributed by atoms with Gasteiger partial charge >= 0.3 is 6.36 Å². The van der Waals surface area contributed by atoms with Crippen molar-refractivity contribution in [1.82, 2.24) is 14.5 Å². The summed E-state index contributed by atoms with van der Waals surface area (Å²) in [6, 6.07) is 6.26. The number of aromatic nitrogens is 2. The molecule has 0 saturated carbocycles. The number of hydrogen-bond donors (Lipinski definition) is 0. The number of rotatable bonds is 6. The van der Waals surface area contributed by atoms with Gasteiger partial charge in [-0.25, -0.2) is 0 Å². The molecule has 0 radical (unpaired) electrons. The lowest BCUT2D eigenvalue weighted by Crippen LogP contribution is -2.25. The Bertz CT molecular complexity index is 1110. The number of nitrogens with zero attached hydrogens (tertiary/aromatic N) is 3. The van der Waals surface area contributed by atoms with E-state index in [2.05, 4.69) is 9.72 Å². The Labute approximate surface area is 183 Å². The van der Waals surface area contributed by atoms with Gasteiger partial charge in [0.15, 0.2) is 0 Å². The highest BCUT2D eigenvalue weighted by Gasteiger charge is 2.32. The van der Waals surface area contributed by atoms with E-state index in [-0.39, 0.29) is 29.1 Å². The van der Waals surface area contributed by atoms with Crippen LogP contribution in [0.15, 0.2) is 36.7 Å². The average Bonchev–Trinajstić information content (AvgIpc) is 3.06. The van der Waals surface area contributed by atoms with E-state index in [0.717, 1.165) is 16.6 Å². The van der Waals surface area contributed by atoms with E-state index in [9.17, 15) is 18.0 Å². The van der Waals surface area contributed by atoms with Crippen molar-refractivity contribution in [3.8, 4) is 5.75 Å². The largest absolute Gasteiger partial charge is 0.573 e. The van der Waals surface area contributed by atoms with Crippen LogP contribution in [0.3, 0.4) is 0 Å². The molecular formula is C22H23ClF3N3O2. The van der Waals surface area contributed by atoms with Gasteiger partial charge in [0.2, 0.25) is 5.91 Å². The molecule has 2 heterocycles. The first-order valence-corrected chi connectivity index (χ1v) is 10.0. The fraction of sp³-hybridized carbons (Fsp3) is 0.364. The average molecular weight is 454 g/mol. The van der Waals surface area contributed by atoms with E-state index in [1.54, 1.807) is 20.3 Å². The van der Waals surface area contributed by atoms with Crippen molar-refractivity contribution >= 4 is 28.4 Å². The van der Waals surface area contributed by atoms with E-state index >= 15 is 0 Å². The van der Waals surface area contributed by atoms with E-state index in [4.69, 9.17) is 11.6 Å². The number of carbonyl (C=O) groups excluding carboxylic acids is 1. The smallest absolute Gasteiger partial charge is 0.406 e. The number of amides is 1. The maximum atomic E-state index is 12.7. The van der Waals surface area contributed by atoms with Gasteiger partial charge in [-0.15, -0.1) is 13.2 Å². The van der Waals surface area contributed by atoms with Crippen molar-refractivity contribution in [3.05, 3.63) is 58.5 Å². The molecule has 0 bridgehead atoms. The van der Waals surface area contributed by atoms with Crippen molar-refractivity contribution in [2.45, 2.75) is 39.1 Å². The van der Waals surface area contributed by atoms with E-state index in [1.165, 1.54) is 17.0 Å². The molecule has 9 heteroatoms. The number of fused-ring (bicyclic) bond motifs is 1. The Hall–Kier alpha value is -2.74. The van der Waals surface area contributed by atoms with Crippen LogP contribution in [-0.2, 0) is 17.8 Å². The maximum Gasteiger partial charge on any atom is 0.573 e. The summed E-state index contributed by atoms with van der Waals surface area (Å²) in [4.78, 5) is 18.1. The third kappa shape index (κ3) is 5.31. The molecule has 5 nitrogen and oxygen atoms in total. The molecular weight excluding hydrogens is 431 g/mol. The van der Waals surface area contributed by atoms with E-state index in [1.807, 2.05) is 36.7 Å². The van der Waals surface area contributed by atoms with Crippen LogP contribution in [0.2, 0.25) is 5.02 Å². The van der Waals surface area contributed by atoms with Crippen LogP contribution in [0.1, 0.15) is 36.6 Å². The van der Waals surface area contributed by atoms with Gasteiger partial charge in [-0.1, -0.05) is 25.4 Å². The van der Waals surface area contributed by atoms with Crippen molar-refractivity contribution in [2.75, 3.05) is 14.1 Å². The fourth-order valence-corrected chi connectivity index (χ4v) is 3.72. The minimum atomic E-state index is -4.79. The molecule has 3 aromatic rings. The molecule has 0 aliphatic rings. The summed E-state index contributed by atoms with van der Waals surface area (Å²) >= 11 is 6.39. The van der Waals surface area contributed by atoms with Crippen LogP contribution >= 0.6 is 11.6 Å². The van der Waals surface area contributed by atoms with Crippen LogP contribution in [0, 0.1) is 0 Å². The lowest BCUT2D eigenvalue weighted by Gasteiger charge is -2.18. The molecule has 31 heavy (non-hydrogen) atoms. The SMILES string of the molecule is CC(C)c1cc(OC(F)(F)F)cc(Cl)c1Cc1nccc2c1ccn2CC(=O)N(C)C. The quantitative estimate of drug-likeness (QED) is 0.502. The minimum Gasteiger partial charge on any atom is -0.406 e. The lowest BCUT2D eigenvalue weighted by atomic mass is 9.93. The number of halogens is 4. The van der Waals surface area contributed by atoms with Gasteiger partial charge in [-0.05, 0) is 41.3 Å². The normalized spacial score (nSPS) is 11.9. The highest BCUT2D eigenvalue weighted by Crippen LogP contribution is 2.35. The second kappa shape index (κ2) is 8.78. The van der Waals surface area contributed by atoms with Gasteiger partial charge in [-0.2, -0.15) is 0 Å². The minimum absolute atomic E-state index is 0.0405. The zero-order valence-corrected chi connectivity index (χ0v) is 18.4. The number of pyridine rings is 1. The van der Waals surface area contributed by atoms with Gasteiger partial charge in [0.1, 0.15) is 12.3 Å². The molecule has 0 N–H and O–H groups in total. The molecule has 0 spiro atoms. The number of benzene rings is 1. The highest BCUT2D eigenvalue weighted by atomic mass is 35.5. The van der Waals surface area contributed by atoms with Gasteiger partial charge < -0.3 is 14.2 Å². The predicted octanol–water partition coefficient (Wildman–Crippen LogP) is 5.39. The Morgan fingerprint density at radius 3 is 2.58 bits per heavy atom. The zero-order chi connectivity index (χ0) is 22.9. The second-order valence-electron chi connectivity index (χ2n) is 7.77. The highest BCUT2D eigenvalue weighted by molar-refractivity contribution is 6.31. The Kier molecular flexibility index (Phi) is 6.50. The van der Waals surface area contributed by atoms with Crippen LogP contribution in [-0.4, -0.2) is 40.8 Å². The number of ether oxygens (including phenoxy) is 1. The first kappa shape index (κ1) is 22.9. The summed E-state index contributed by atoms with van der Waals surface area (Å²) < 4.78 is 43.9. The first-order chi connectivity index (χ1) is 14.5. The maximum absolute atomic E-state index is 12.7. The Morgan fingerprint density at radius 1 is 1.26 bits per heavy atom. The van der Waals surface area contributed by atoms with Gasteiger partial charge in [0.25, 0.3) is 0 Å². The molecule has 1 aromatic carbocycles. The summed E-state index contributed by atoms with van der Waals surface area (Å²) in [5.74, 6) is -0.462. The zero-order valence-electron chi connectivity index (χ0n) is 17.6. The molecule has 0 unspecified atom stereocenters. The molecule has 2 aromatic heterocycles. The third-order valence-corrected chi connectivity index (χ3v) is 5.33. The fourth-order valence-electron chi connectivity index (χ4n) is 3.44. The number of alkyl halides is 3. The Morgan fingerprint density at radius 2 is 1.97 bits per heavy atom. The summed E-state index contributed by atoms with van der Waals surface area (Å²) in [5.41, 5.74) is 2.93. The molecule has 0 aliphatic carbocycles. The second-order valence-corrected chi connectivity index (χ2v) is 8.18. The van der Waals surface area contributed by atoms with Crippen molar-refractivity contribution in [2.24, 2.45) is 0 Å². The lowest BCUT2D eigenvalue weighted by molar-refractivity contribution is -0.274. The molecule has 1 amide bonds. The summed E-state index contributed by atoms with van der Waals surface area (Å²) in [5, 5.41) is 1.04. The summed E-state index contributed by atoms with van der Waals surface area (Å²) in [6.45, 7) is 3.95. The summed E-state index contributed by atoms with van der Waals surface area (Å²) in [6.07, 6.45) is -0.984. The monoisotopic (exact) mass is 453 g/mol. The molecule has 0 atom stereocenters. The van der Waals surface area contributed by atoms with Crippen LogP contribution in [0.4, 0.5) is 13.2 Å². The van der Waals surface area contributed by atoms with Gasteiger partial charge in [0.05, 0.1) is 11.2 Å². The van der Waals surface area contributed by atoms with Crippen molar-refractivity contribution in [1.29, 1.82) is 0 Å². The van der Waals surface area contributed by atoms with Gasteiger partial charge in [-0.3, -0.25) is 9.78 Å². The first-order valence-electron chi connectivity index (χ1n) is 9.67. The van der Waals surface area contributed by atoms with Crippen molar-refractivity contribution < 1.29 is 22.7 Å². The van der Waals surface area contributed by atoms with Crippen LogP contribution < -0.4 is 4.74 Å². The third-order valence-electron chi connectivity index (χ3n) is 4.99.